The molecule has 4 aromatic rings. The van der Waals surface area contributed by atoms with Crippen LogP contribution < -0.4 is 30.3 Å². The van der Waals surface area contributed by atoms with Crippen LogP contribution in [0.5, 0.6) is 11.5 Å². The molecule has 2 N–H and O–H groups in total. The monoisotopic (exact) mass is 620 g/mol. The number of hydrogen-bond donors (Lipinski definition) is 2. The van der Waals surface area contributed by atoms with E-state index in [2.05, 4.69) is 26.5 Å². The summed E-state index contributed by atoms with van der Waals surface area (Å²) in [6.07, 6.45) is 2.21. The highest BCUT2D eigenvalue weighted by molar-refractivity contribution is 7.70. The predicted octanol–water partition coefficient (Wildman–Crippen LogP) is 5.50. The van der Waals surface area contributed by atoms with E-state index < -0.39 is 7.14 Å². The number of hydrogen-bond acceptors (Lipinski definition) is 11. The van der Waals surface area contributed by atoms with E-state index in [0.717, 1.165) is 84.0 Å². The molecule has 0 spiro atoms. The number of nitrogens with one attached hydrogen (secondary N) is 2. The molecule has 10 nitrogen and oxygen atoms in total. The SMILES string of the molecule is COc1cc2c(cc1Nc1nc(Nc3ccccc3P(C)(C)=O)c3sccc3n1)OC[C@H]1C[C@H](N3CCOCC3)CCN21. The summed E-state index contributed by atoms with van der Waals surface area (Å²) in [4.78, 5) is 14.7. The van der Waals surface area contributed by atoms with E-state index in [1.807, 2.05) is 41.8 Å². The molecule has 43 heavy (non-hydrogen) atoms. The maximum absolute atomic E-state index is 13.0. The molecule has 3 aliphatic heterocycles. The average molecular weight is 621 g/mol. The number of piperidine rings is 1. The van der Waals surface area contributed by atoms with Crippen molar-refractivity contribution in [3.05, 3.63) is 47.8 Å². The molecule has 0 amide bonds. The van der Waals surface area contributed by atoms with Crippen LogP contribution in [0.15, 0.2) is 47.8 Å². The van der Waals surface area contributed by atoms with Gasteiger partial charge in [-0.25, -0.2) is 4.98 Å². The lowest BCUT2D eigenvalue weighted by atomic mass is 9.94. The molecule has 2 fully saturated rings. The topological polar surface area (TPSA) is 101 Å². The fourth-order valence-corrected chi connectivity index (χ4v) is 8.35. The molecular formula is C31H37N6O4PS. The summed E-state index contributed by atoms with van der Waals surface area (Å²) in [6, 6.07) is 14.6. The number of ether oxygens (including phenoxy) is 3. The van der Waals surface area contributed by atoms with Crippen molar-refractivity contribution in [2.45, 2.75) is 24.9 Å². The van der Waals surface area contributed by atoms with Gasteiger partial charge in [0.25, 0.3) is 0 Å². The molecule has 0 saturated carbocycles. The number of nitrogens with zero attached hydrogens (tertiary/aromatic N) is 4. The van der Waals surface area contributed by atoms with Gasteiger partial charge in [0.1, 0.15) is 25.2 Å². The molecule has 2 aromatic carbocycles. The summed E-state index contributed by atoms with van der Waals surface area (Å²) in [5, 5.41) is 9.62. The average Bonchev–Trinajstić information content (AvgIpc) is 3.50. The third kappa shape index (κ3) is 5.67. The van der Waals surface area contributed by atoms with Crippen LogP contribution in [0, 0.1) is 0 Å². The fraction of sp³-hybridized carbons (Fsp3) is 0.419. The first-order valence-electron chi connectivity index (χ1n) is 14.7. The Morgan fingerprint density at radius 2 is 1.86 bits per heavy atom. The maximum atomic E-state index is 13.0. The van der Waals surface area contributed by atoms with Crippen LogP contribution in [-0.4, -0.2) is 86.8 Å². The molecular weight excluding hydrogens is 583 g/mol. The number of aromatic nitrogens is 2. The van der Waals surface area contributed by atoms with Gasteiger partial charge in [-0.1, -0.05) is 12.1 Å². The molecule has 0 aliphatic carbocycles. The zero-order valence-corrected chi connectivity index (χ0v) is 26.4. The number of fused-ring (bicyclic) bond motifs is 4. The van der Waals surface area contributed by atoms with Crippen molar-refractivity contribution in [3.63, 3.8) is 0 Å². The molecule has 2 saturated heterocycles. The summed E-state index contributed by atoms with van der Waals surface area (Å²) in [5.74, 6) is 2.61. The molecule has 2 atom stereocenters. The number of thiophene rings is 1. The highest BCUT2D eigenvalue weighted by Crippen LogP contribution is 2.45. The Bertz CT molecular complexity index is 1690. The summed E-state index contributed by atoms with van der Waals surface area (Å²) in [7, 11) is -0.829. The van der Waals surface area contributed by atoms with Gasteiger partial charge in [0.2, 0.25) is 5.95 Å². The molecule has 2 aromatic heterocycles. The zero-order valence-electron chi connectivity index (χ0n) is 24.7. The van der Waals surface area contributed by atoms with Crippen molar-refractivity contribution >= 4 is 62.8 Å². The number of para-hydroxylation sites is 1. The van der Waals surface area contributed by atoms with Crippen molar-refractivity contribution in [1.29, 1.82) is 0 Å². The van der Waals surface area contributed by atoms with Gasteiger partial charge in [-0.3, -0.25) is 4.90 Å². The van der Waals surface area contributed by atoms with Gasteiger partial charge in [-0.15, -0.1) is 11.3 Å². The predicted molar refractivity (Wildman–Crippen MR) is 175 cm³/mol. The highest BCUT2D eigenvalue weighted by Gasteiger charge is 2.37. The second-order valence-electron chi connectivity index (χ2n) is 11.7. The summed E-state index contributed by atoms with van der Waals surface area (Å²) >= 11 is 1.56. The van der Waals surface area contributed by atoms with E-state index in [-0.39, 0.29) is 0 Å². The van der Waals surface area contributed by atoms with Crippen LogP contribution in [0.2, 0.25) is 0 Å². The normalized spacial score (nSPS) is 20.7. The quantitative estimate of drug-likeness (QED) is 0.258. The van der Waals surface area contributed by atoms with Crippen molar-refractivity contribution in [2.75, 3.05) is 75.4 Å². The van der Waals surface area contributed by atoms with Crippen LogP contribution in [0.3, 0.4) is 0 Å². The van der Waals surface area contributed by atoms with E-state index in [4.69, 9.17) is 24.2 Å². The first kappa shape index (κ1) is 28.4. The van der Waals surface area contributed by atoms with E-state index in [9.17, 15) is 4.57 Å². The number of rotatable bonds is 7. The maximum Gasteiger partial charge on any atom is 0.229 e. The Morgan fingerprint density at radius 1 is 1.02 bits per heavy atom. The zero-order chi connectivity index (χ0) is 29.6. The minimum Gasteiger partial charge on any atom is -0.494 e. The van der Waals surface area contributed by atoms with Gasteiger partial charge < -0.3 is 34.3 Å². The number of morpholine rings is 1. The standard InChI is InChI=1S/C31H37N6O4PS/c1-39-26-18-25-27(41-19-21-16-20(8-10-37(21)25)36-11-13-40-14-12-36)17-24(26)34-31-33-23-9-15-43-29(23)30(35-31)32-22-6-4-5-7-28(22)42(2,3)38/h4-7,9,15,17-18,20-21H,8,10-14,16,19H2,1-3H3,(H2,32,33,34,35)/t20-,21-/m1/s1. The fourth-order valence-electron chi connectivity index (χ4n) is 6.42. The lowest BCUT2D eigenvalue weighted by molar-refractivity contribution is 0.00628. The van der Waals surface area contributed by atoms with Crippen LogP contribution in [0.4, 0.5) is 28.8 Å². The molecule has 3 aliphatic rings. The first-order chi connectivity index (χ1) is 20.9. The van der Waals surface area contributed by atoms with Gasteiger partial charge in [0.15, 0.2) is 5.82 Å². The Labute approximate surface area is 255 Å². The van der Waals surface area contributed by atoms with Crippen molar-refractivity contribution in [2.24, 2.45) is 0 Å². The van der Waals surface area contributed by atoms with E-state index >= 15 is 0 Å². The molecule has 0 bridgehead atoms. The third-order valence-corrected chi connectivity index (χ3v) is 11.0. The first-order valence-corrected chi connectivity index (χ1v) is 18.2. The minimum atomic E-state index is -2.51. The van der Waals surface area contributed by atoms with Crippen LogP contribution >= 0.6 is 18.5 Å². The lowest BCUT2D eigenvalue weighted by Crippen LogP contribution is -2.55. The Morgan fingerprint density at radius 3 is 2.67 bits per heavy atom. The van der Waals surface area contributed by atoms with Crippen molar-refractivity contribution < 1.29 is 18.8 Å². The van der Waals surface area contributed by atoms with Gasteiger partial charge in [0.05, 0.1) is 53.6 Å². The second-order valence-corrected chi connectivity index (χ2v) is 15.8. The van der Waals surface area contributed by atoms with Crippen LogP contribution in [0.1, 0.15) is 12.8 Å². The van der Waals surface area contributed by atoms with Gasteiger partial charge >= 0.3 is 0 Å². The summed E-state index contributed by atoms with van der Waals surface area (Å²) in [6.45, 7) is 8.87. The molecule has 5 heterocycles. The third-order valence-electron chi connectivity index (χ3n) is 8.56. The summed E-state index contributed by atoms with van der Waals surface area (Å²) in [5.41, 5.74) is 3.39. The van der Waals surface area contributed by atoms with Crippen LogP contribution in [0.25, 0.3) is 10.2 Å². The summed E-state index contributed by atoms with van der Waals surface area (Å²) < 4.78 is 31.7. The highest BCUT2D eigenvalue weighted by atomic mass is 32.1. The molecule has 0 unspecified atom stereocenters. The van der Waals surface area contributed by atoms with Gasteiger partial charge in [-0.2, -0.15) is 4.98 Å². The van der Waals surface area contributed by atoms with Gasteiger partial charge in [-0.05, 0) is 49.8 Å². The largest absolute Gasteiger partial charge is 0.494 e. The number of benzene rings is 2. The van der Waals surface area contributed by atoms with Crippen LogP contribution in [-0.2, 0) is 9.30 Å². The molecule has 12 heteroatoms. The molecule has 0 radical (unpaired) electrons. The second kappa shape index (κ2) is 11.6. The smallest absolute Gasteiger partial charge is 0.229 e. The Balaban J connectivity index is 1.16. The molecule has 7 rings (SSSR count). The number of methoxy groups -OCH3 is 1. The molecule has 226 valence electrons. The van der Waals surface area contributed by atoms with E-state index in [1.54, 1.807) is 31.8 Å². The van der Waals surface area contributed by atoms with Crippen molar-refractivity contribution in [1.82, 2.24) is 14.9 Å². The lowest BCUT2D eigenvalue weighted by Gasteiger charge is -2.47. The Hall–Kier alpha value is -3.37. The van der Waals surface area contributed by atoms with Gasteiger partial charge in [0, 0.05) is 43.1 Å². The van der Waals surface area contributed by atoms with Crippen molar-refractivity contribution in [3.8, 4) is 11.5 Å². The van der Waals surface area contributed by atoms with E-state index in [0.29, 0.717) is 36.2 Å². The minimum absolute atomic E-state index is 0.333. The number of anilines is 5. The Kier molecular flexibility index (Phi) is 7.67. The van der Waals surface area contributed by atoms with E-state index in [1.165, 1.54) is 0 Å².